The first-order valence-electron chi connectivity index (χ1n) is 7.29. The number of hydrogen-bond donors (Lipinski definition) is 1. The molecule has 0 spiro atoms. The first-order valence-corrected chi connectivity index (χ1v) is 7.29. The van der Waals surface area contributed by atoms with E-state index in [1.807, 2.05) is 12.5 Å². The van der Waals surface area contributed by atoms with Crippen LogP contribution in [-0.2, 0) is 13.1 Å². The van der Waals surface area contributed by atoms with Crippen molar-refractivity contribution in [3.63, 3.8) is 0 Å². The third kappa shape index (κ3) is 5.21. The summed E-state index contributed by atoms with van der Waals surface area (Å²) in [5, 5.41) is 3.57. The van der Waals surface area contributed by atoms with E-state index < -0.39 is 0 Å². The Morgan fingerprint density at radius 2 is 2.06 bits per heavy atom. The summed E-state index contributed by atoms with van der Waals surface area (Å²) in [7, 11) is 0. The Bertz CT molecular complexity index is 328. The summed E-state index contributed by atoms with van der Waals surface area (Å²) < 4.78 is 2.19. The fourth-order valence-electron chi connectivity index (χ4n) is 2.25. The van der Waals surface area contributed by atoms with Gasteiger partial charge in [-0.1, -0.05) is 40.0 Å². The summed E-state index contributed by atoms with van der Waals surface area (Å²) >= 11 is 0. The maximum absolute atomic E-state index is 4.19. The number of imidazole rings is 1. The molecule has 1 aromatic heterocycles. The molecule has 0 aliphatic rings. The lowest BCUT2D eigenvalue weighted by atomic mass is 9.87. The molecule has 18 heavy (non-hydrogen) atoms. The molecule has 0 unspecified atom stereocenters. The normalized spacial score (nSPS) is 12.0. The van der Waals surface area contributed by atoms with E-state index in [0.717, 1.165) is 19.6 Å². The van der Waals surface area contributed by atoms with Crippen LogP contribution in [0.1, 0.15) is 59.1 Å². The fraction of sp³-hybridized carbons (Fsp3) is 0.800. The minimum Gasteiger partial charge on any atom is -0.334 e. The van der Waals surface area contributed by atoms with Crippen LogP contribution in [0.5, 0.6) is 0 Å². The van der Waals surface area contributed by atoms with Crippen molar-refractivity contribution in [2.45, 2.75) is 66.5 Å². The zero-order chi connectivity index (χ0) is 13.4. The lowest BCUT2D eigenvalue weighted by Crippen LogP contribution is -2.29. The van der Waals surface area contributed by atoms with E-state index in [4.69, 9.17) is 0 Å². The van der Waals surface area contributed by atoms with Crippen LogP contribution in [0.25, 0.3) is 0 Å². The highest BCUT2D eigenvalue weighted by atomic mass is 15.1. The van der Waals surface area contributed by atoms with Gasteiger partial charge in [-0.05, 0) is 18.8 Å². The van der Waals surface area contributed by atoms with Gasteiger partial charge in [0.1, 0.15) is 0 Å². The molecule has 3 nitrogen and oxygen atoms in total. The van der Waals surface area contributed by atoms with E-state index in [9.17, 15) is 0 Å². The third-order valence-corrected chi connectivity index (χ3v) is 3.51. The summed E-state index contributed by atoms with van der Waals surface area (Å²) in [5.74, 6) is 0. The van der Waals surface area contributed by atoms with E-state index >= 15 is 0 Å². The van der Waals surface area contributed by atoms with Crippen molar-refractivity contribution < 1.29 is 0 Å². The van der Waals surface area contributed by atoms with E-state index in [1.54, 1.807) is 0 Å². The highest BCUT2D eigenvalue weighted by molar-refractivity contribution is 4.97. The van der Waals surface area contributed by atoms with E-state index in [2.05, 4.69) is 42.6 Å². The highest BCUT2D eigenvalue weighted by Crippen LogP contribution is 2.22. The summed E-state index contributed by atoms with van der Waals surface area (Å²) in [4.78, 5) is 4.19. The monoisotopic (exact) mass is 251 g/mol. The molecule has 0 fully saturated rings. The molecule has 0 bridgehead atoms. The zero-order valence-electron chi connectivity index (χ0n) is 12.5. The first kappa shape index (κ1) is 15.2. The van der Waals surface area contributed by atoms with Crippen molar-refractivity contribution in [1.29, 1.82) is 0 Å². The van der Waals surface area contributed by atoms with Gasteiger partial charge in [0.15, 0.2) is 0 Å². The second-order valence-electron chi connectivity index (χ2n) is 5.90. The molecule has 0 aromatic carbocycles. The van der Waals surface area contributed by atoms with Crippen LogP contribution < -0.4 is 5.32 Å². The lowest BCUT2D eigenvalue weighted by molar-refractivity contribution is 0.300. The van der Waals surface area contributed by atoms with Crippen LogP contribution in [0.4, 0.5) is 0 Å². The standard InChI is InChI=1S/C15H29N3/c1-5-7-8-9-15(3,4)12-16-10-14-11-17-13-18(14)6-2/h11,13,16H,5-10,12H2,1-4H3. The second kappa shape index (κ2) is 7.57. The molecule has 0 aliphatic heterocycles. The molecule has 0 radical (unpaired) electrons. The van der Waals surface area contributed by atoms with Crippen LogP contribution in [0.3, 0.4) is 0 Å². The third-order valence-electron chi connectivity index (χ3n) is 3.51. The van der Waals surface area contributed by atoms with Gasteiger partial charge in [-0.25, -0.2) is 4.98 Å². The van der Waals surface area contributed by atoms with Crippen molar-refractivity contribution in [2.75, 3.05) is 6.54 Å². The number of rotatable bonds is 9. The topological polar surface area (TPSA) is 29.9 Å². The Balaban J connectivity index is 2.27. The molecule has 1 rings (SSSR count). The van der Waals surface area contributed by atoms with Gasteiger partial charge in [-0.2, -0.15) is 0 Å². The van der Waals surface area contributed by atoms with Crippen LogP contribution in [0.2, 0.25) is 0 Å². The van der Waals surface area contributed by atoms with E-state index in [1.165, 1.54) is 31.4 Å². The molecule has 1 heterocycles. The van der Waals surface area contributed by atoms with Gasteiger partial charge < -0.3 is 9.88 Å². The van der Waals surface area contributed by atoms with Gasteiger partial charge in [0, 0.05) is 25.8 Å². The molecule has 1 aromatic rings. The number of aromatic nitrogens is 2. The molecule has 104 valence electrons. The largest absolute Gasteiger partial charge is 0.334 e. The van der Waals surface area contributed by atoms with Crippen molar-refractivity contribution >= 4 is 0 Å². The number of unbranched alkanes of at least 4 members (excludes halogenated alkanes) is 2. The van der Waals surface area contributed by atoms with Crippen molar-refractivity contribution in [1.82, 2.24) is 14.9 Å². The predicted molar refractivity (Wildman–Crippen MR) is 77.5 cm³/mol. The Kier molecular flexibility index (Phi) is 6.41. The Morgan fingerprint density at radius 3 is 2.72 bits per heavy atom. The molecule has 0 amide bonds. The molecule has 0 atom stereocenters. The summed E-state index contributed by atoms with van der Waals surface area (Å²) in [5.41, 5.74) is 1.67. The van der Waals surface area contributed by atoms with Gasteiger partial charge >= 0.3 is 0 Å². The zero-order valence-corrected chi connectivity index (χ0v) is 12.5. The minimum atomic E-state index is 0.395. The Labute approximate surface area is 112 Å². The SMILES string of the molecule is CCCCCC(C)(C)CNCc1cncn1CC. The number of hydrogen-bond acceptors (Lipinski definition) is 2. The van der Waals surface area contributed by atoms with Gasteiger partial charge in [0.25, 0.3) is 0 Å². The second-order valence-corrected chi connectivity index (χ2v) is 5.90. The van der Waals surface area contributed by atoms with Gasteiger partial charge in [-0.3, -0.25) is 0 Å². The minimum absolute atomic E-state index is 0.395. The van der Waals surface area contributed by atoms with Crippen molar-refractivity contribution in [2.24, 2.45) is 5.41 Å². The fourth-order valence-corrected chi connectivity index (χ4v) is 2.25. The molecule has 0 saturated heterocycles. The summed E-state index contributed by atoms with van der Waals surface area (Å²) in [6.45, 7) is 12.1. The molecule has 1 N–H and O–H groups in total. The number of nitrogens with zero attached hydrogens (tertiary/aromatic N) is 2. The van der Waals surface area contributed by atoms with Gasteiger partial charge in [0.05, 0.1) is 12.0 Å². The van der Waals surface area contributed by atoms with Crippen LogP contribution >= 0.6 is 0 Å². The maximum Gasteiger partial charge on any atom is 0.0948 e. The van der Waals surface area contributed by atoms with E-state index in [-0.39, 0.29) is 0 Å². The van der Waals surface area contributed by atoms with Crippen molar-refractivity contribution in [3.8, 4) is 0 Å². The molecule has 0 saturated carbocycles. The Morgan fingerprint density at radius 1 is 1.28 bits per heavy atom. The smallest absolute Gasteiger partial charge is 0.0948 e. The van der Waals surface area contributed by atoms with Gasteiger partial charge in [-0.15, -0.1) is 0 Å². The molecular formula is C15H29N3. The molecule has 0 aliphatic carbocycles. The maximum atomic E-state index is 4.19. The number of aryl methyl sites for hydroxylation is 1. The van der Waals surface area contributed by atoms with E-state index in [0.29, 0.717) is 5.41 Å². The first-order chi connectivity index (χ1) is 8.59. The van der Waals surface area contributed by atoms with Gasteiger partial charge in [0.2, 0.25) is 0 Å². The molecular weight excluding hydrogens is 222 g/mol. The summed E-state index contributed by atoms with van der Waals surface area (Å²) in [6.07, 6.45) is 9.17. The van der Waals surface area contributed by atoms with Crippen LogP contribution in [0, 0.1) is 5.41 Å². The lowest BCUT2D eigenvalue weighted by Gasteiger charge is -2.25. The van der Waals surface area contributed by atoms with Crippen molar-refractivity contribution in [3.05, 3.63) is 18.2 Å². The van der Waals surface area contributed by atoms with Crippen LogP contribution in [0.15, 0.2) is 12.5 Å². The van der Waals surface area contributed by atoms with Crippen LogP contribution in [-0.4, -0.2) is 16.1 Å². The molecule has 3 heteroatoms. The summed E-state index contributed by atoms with van der Waals surface area (Å²) in [6, 6.07) is 0. The average molecular weight is 251 g/mol. The highest BCUT2D eigenvalue weighted by Gasteiger charge is 2.16. The average Bonchev–Trinajstić information content (AvgIpc) is 2.76. The quantitative estimate of drug-likeness (QED) is 0.680. The number of nitrogens with one attached hydrogen (secondary N) is 1. The predicted octanol–water partition coefficient (Wildman–Crippen LogP) is 3.60. The Hall–Kier alpha value is -0.830.